The van der Waals surface area contributed by atoms with Gasteiger partial charge < -0.3 is 14.8 Å². The first-order valence-corrected chi connectivity index (χ1v) is 7.10. The third kappa shape index (κ3) is 5.43. The fraction of sp³-hybridized carbons (Fsp3) is 0.600. The molecule has 0 aliphatic carbocycles. The summed E-state index contributed by atoms with van der Waals surface area (Å²) >= 11 is 0. The molecule has 3 nitrogen and oxygen atoms in total. The molecule has 0 saturated carbocycles. The summed E-state index contributed by atoms with van der Waals surface area (Å²) in [5.41, 5.74) is 1.05. The van der Waals surface area contributed by atoms with Crippen LogP contribution in [0.3, 0.4) is 0 Å². The first-order chi connectivity index (χ1) is 9.74. The smallest absolute Gasteiger partial charge is 0.387 e. The maximum absolute atomic E-state index is 12.0. The highest BCUT2D eigenvalue weighted by atomic mass is 19.3. The number of halogens is 2. The molecule has 112 valence electrons. The zero-order chi connectivity index (χ0) is 14.2. The van der Waals surface area contributed by atoms with E-state index in [0.29, 0.717) is 6.10 Å². The van der Waals surface area contributed by atoms with Crippen molar-refractivity contribution in [3.05, 3.63) is 29.8 Å². The van der Waals surface area contributed by atoms with Crippen LogP contribution in [0.1, 0.15) is 31.2 Å². The number of alkyl halides is 2. The van der Waals surface area contributed by atoms with Gasteiger partial charge in [-0.3, -0.25) is 0 Å². The summed E-state index contributed by atoms with van der Waals surface area (Å²) in [6, 6.07) is 6.71. The van der Waals surface area contributed by atoms with Crippen molar-refractivity contribution in [1.29, 1.82) is 0 Å². The molecule has 1 fully saturated rings. The summed E-state index contributed by atoms with van der Waals surface area (Å²) in [5, 5.41) is 3.34. The molecule has 1 aliphatic heterocycles. The predicted molar refractivity (Wildman–Crippen MR) is 73.0 cm³/mol. The molecule has 5 heteroatoms. The van der Waals surface area contributed by atoms with Crippen LogP contribution in [0.25, 0.3) is 0 Å². The third-order valence-corrected chi connectivity index (χ3v) is 3.39. The van der Waals surface area contributed by atoms with Gasteiger partial charge >= 0.3 is 6.61 Å². The summed E-state index contributed by atoms with van der Waals surface area (Å²) < 4.78 is 34.0. The molecule has 0 bridgehead atoms. The van der Waals surface area contributed by atoms with Gasteiger partial charge in [0.25, 0.3) is 0 Å². The first-order valence-electron chi connectivity index (χ1n) is 7.10. The average molecular weight is 285 g/mol. The minimum Gasteiger partial charge on any atom is -0.435 e. The average Bonchev–Trinajstić information content (AvgIpc) is 2.46. The molecule has 0 spiro atoms. The molecule has 20 heavy (non-hydrogen) atoms. The monoisotopic (exact) mass is 285 g/mol. The lowest BCUT2D eigenvalue weighted by Crippen LogP contribution is -2.25. The summed E-state index contributed by atoms with van der Waals surface area (Å²) in [6.07, 6.45) is 5.00. The molecule has 1 atom stereocenters. The Bertz CT molecular complexity index is 378. The van der Waals surface area contributed by atoms with E-state index in [2.05, 4.69) is 10.1 Å². The fourth-order valence-electron chi connectivity index (χ4n) is 2.32. The van der Waals surface area contributed by atoms with Gasteiger partial charge in [-0.1, -0.05) is 12.1 Å². The van der Waals surface area contributed by atoms with E-state index in [1.807, 2.05) is 0 Å². The molecule has 2 rings (SSSR count). The molecule has 1 unspecified atom stereocenters. The van der Waals surface area contributed by atoms with Crippen molar-refractivity contribution in [2.24, 2.45) is 0 Å². The lowest BCUT2D eigenvalue weighted by Gasteiger charge is -2.22. The van der Waals surface area contributed by atoms with Gasteiger partial charge in [-0.05, 0) is 49.9 Å². The molecule has 0 aromatic heterocycles. The normalized spacial score (nSPS) is 19.2. The van der Waals surface area contributed by atoms with E-state index in [9.17, 15) is 8.78 Å². The second-order valence-electron chi connectivity index (χ2n) is 4.98. The standard InChI is InChI=1S/C15H21F2NO2/c16-15(17)20-14-6-4-12(5-7-14)11-18-9-8-13-3-1-2-10-19-13/h4-7,13,15,18H,1-3,8-11H2. The Balaban J connectivity index is 1.63. The SMILES string of the molecule is FC(F)Oc1ccc(CNCCC2CCCCO2)cc1. The predicted octanol–water partition coefficient (Wildman–Crippen LogP) is 3.34. The van der Waals surface area contributed by atoms with Crippen LogP contribution in [0.15, 0.2) is 24.3 Å². The van der Waals surface area contributed by atoms with Gasteiger partial charge in [0.2, 0.25) is 0 Å². The zero-order valence-corrected chi connectivity index (χ0v) is 11.5. The number of hydrogen-bond acceptors (Lipinski definition) is 3. The van der Waals surface area contributed by atoms with E-state index in [1.54, 1.807) is 24.3 Å². The summed E-state index contributed by atoms with van der Waals surface area (Å²) in [6.45, 7) is -0.257. The molecule has 1 heterocycles. The van der Waals surface area contributed by atoms with Gasteiger partial charge in [0, 0.05) is 13.2 Å². The van der Waals surface area contributed by atoms with E-state index >= 15 is 0 Å². The summed E-state index contributed by atoms with van der Waals surface area (Å²) in [5.74, 6) is 0.194. The molecule has 0 amide bonds. The van der Waals surface area contributed by atoms with Crippen molar-refractivity contribution < 1.29 is 18.3 Å². The molecular formula is C15H21F2NO2. The summed E-state index contributed by atoms with van der Waals surface area (Å²) in [7, 11) is 0. The number of ether oxygens (including phenoxy) is 2. The van der Waals surface area contributed by atoms with Crippen molar-refractivity contribution in [2.75, 3.05) is 13.2 Å². The van der Waals surface area contributed by atoms with Gasteiger partial charge in [0.15, 0.2) is 0 Å². The van der Waals surface area contributed by atoms with Gasteiger partial charge in [-0.15, -0.1) is 0 Å². The lowest BCUT2D eigenvalue weighted by atomic mass is 10.1. The quantitative estimate of drug-likeness (QED) is 0.779. The van der Waals surface area contributed by atoms with Crippen LogP contribution < -0.4 is 10.1 Å². The van der Waals surface area contributed by atoms with Crippen LogP contribution in [0.4, 0.5) is 8.78 Å². The minimum atomic E-state index is -2.77. The fourth-order valence-corrected chi connectivity index (χ4v) is 2.32. The second kappa shape index (κ2) is 8.17. The maximum atomic E-state index is 12.0. The second-order valence-corrected chi connectivity index (χ2v) is 4.98. The highest BCUT2D eigenvalue weighted by Gasteiger charge is 2.12. The lowest BCUT2D eigenvalue weighted by molar-refractivity contribution is -0.0498. The largest absolute Gasteiger partial charge is 0.435 e. The van der Waals surface area contributed by atoms with Gasteiger partial charge in [-0.2, -0.15) is 8.78 Å². The van der Waals surface area contributed by atoms with Crippen LogP contribution in [-0.2, 0) is 11.3 Å². The number of hydrogen-bond donors (Lipinski definition) is 1. The molecule has 1 aromatic carbocycles. The molecule has 1 aliphatic rings. The third-order valence-electron chi connectivity index (χ3n) is 3.39. The van der Waals surface area contributed by atoms with E-state index in [4.69, 9.17) is 4.74 Å². The first kappa shape index (κ1) is 15.2. The molecule has 1 aromatic rings. The Morgan fingerprint density at radius 3 is 2.70 bits per heavy atom. The van der Waals surface area contributed by atoms with E-state index < -0.39 is 6.61 Å². The van der Waals surface area contributed by atoms with Gasteiger partial charge in [-0.25, -0.2) is 0 Å². The Hall–Kier alpha value is -1.20. The van der Waals surface area contributed by atoms with Crippen LogP contribution in [0, 0.1) is 0 Å². The minimum absolute atomic E-state index is 0.194. The van der Waals surface area contributed by atoms with E-state index in [1.165, 1.54) is 12.8 Å². The van der Waals surface area contributed by atoms with Crippen molar-refractivity contribution in [1.82, 2.24) is 5.32 Å². The van der Waals surface area contributed by atoms with Crippen LogP contribution in [0.5, 0.6) is 5.75 Å². The van der Waals surface area contributed by atoms with Crippen LogP contribution in [-0.4, -0.2) is 25.9 Å². The Labute approximate surface area is 118 Å². The maximum Gasteiger partial charge on any atom is 0.387 e. The number of rotatable bonds is 7. The number of nitrogens with one attached hydrogen (secondary N) is 1. The van der Waals surface area contributed by atoms with Gasteiger partial charge in [0.05, 0.1) is 6.10 Å². The van der Waals surface area contributed by atoms with Crippen molar-refractivity contribution in [3.8, 4) is 5.75 Å². The van der Waals surface area contributed by atoms with Crippen LogP contribution >= 0.6 is 0 Å². The van der Waals surface area contributed by atoms with Crippen molar-refractivity contribution in [2.45, 2.75) is 44.9 Å². The molecule has 0 radical (unpaired) electrons. The highest BCUT2D eigenvalue weighted by Crippen LogP contribution is 2.16. The van der Waals surface area contributed by atoms with E-state index in [-0.39, 0.29) is 5.75 Å². The Morgan fingerprint density at radius 1 is 1.25 bits per heavy atom. The Kier molecular flexibility index (Phi) is 6.21. The zero-order valence-electron chi connectivity index (χ0n) is 11.5. The summed E-state index contributed by atoms with van der Waals surface area (Å²) in [4.78, 5) is 0. The molecule has 1 saturated heterocycles. The van der Waals surface area contributed by atoms with Crippen LogP contribution in [0.2, 0.25) is 0 Å². The van der Waals surface area contributed by atoms with Crippen molar-refractivity contribution in [3.63, 3.8) is 0 Å². The topological polar surface area (TPSA) is 30.5 Å². The van der Waals surface area contributed by atoms with E-state index in [0.717, 1.165) is 38.1 Å². The van der Waals surface area contributed by atoms with Gasteiger partial charge in [0.1, 0.15) is 5.75 Å². The Morgan fingerprint density at radius 2 is 2.05 bits per heavy atom. The van der Waals surface area contributed by atoms with Crippen molar-refractivity contribution >= 4 is 0 Å². The highest BCUT2D eigenvalue weighted by molar-refractivity contribution is 5.27. The number of benzene rings is 1. The molecular weight excluding hydrogens is 264 g/mol. The molecule has 1 N–H and O–H groups in total.